The zero-order valence-electron chi connectivity index (χ0n) is 11.8. The van der Waals surface area contributed by atoms with E-state index in [1.165, 1.54) is 7.11 Å². The molecule has 0 atom stereocenters. The highest BCUT2D eigenvalue weighted by Crippen LogP contribution is 2.32. The number of nitrogens with one attached hydrogen (secondary N) is 2. The summed E-state index contributed by atoms with van der Waals surface area (Å²) < 4.78 is 6.84. The zero-order valence-corrected chi connectivity index (χ0v) is 11.8. The Balaban J connectivity index is 2.82. The summed E-state index contributed by atoms with van der Waals surface area (Å²) in [5, 5.41) is 5.85. The van der Waals surface area contributed by atoms with Gasteiger partial charge in [0.05, 0.1) is 12.6 Å². The summed E-state index contributed by atoms with van der Waals surface area (Å²) in [5.41, 5.74) is 1.79. The molecule has 6 heteroatoms. The maximum absolute atomic E-state index is 12.1. The Labute approximate surface area is 116 Å². The summed E-state index contributed by atoms with van der Waals surface area (Å²) in [4.78, 5) is 22.9. The van der Waals surface area contributed by atoms with Crippen molar-refractivity contribution in [2.75, 3.05) is 19.0 Å². The van der Waals surface area contributed by atoms with Gasteiger partial charge in [-0.05, 0) is 19.9 Å². The third-order valence-corrected chi connectivity index (χ3v) is 3.23. The monoisotopic (exact) mass is 276 g/mol. The van der Waals surface area contributed by atoms with Crippen molar-refractivity contribution in [3.63, 3.8) is 0 Å². The minimum Gasteiger partial charge on any atom is -0.465 e. The number of nitroso groups, excluding NO2 is 1. The van der Waals surface area contributed by atoms with Crippen LogP contribution < -0.4 is 10.5 Å². The van der Waals surface area contributed by atoms with Crippen LogP contribution in [0.1, 0.15) is 24.2 Å². The topological polar surface area (TPSA) is 74.3 Å². The molecular formula is C14H18N3O3+. The van der Waals surface area contributed by atoms with Crippen LogP contribution in [0.3, 0.4) is 0 Å². The van der Waals surface area contributed by atoms with Crippen LogP contribution in [0, 0.1) is 4.91 Å². The van der Waals surface area contributed by atoms with Crippen molar-refractivity contribution in [2.24, 2.45) is 0 Å². The minimum absolute atomic E-state index is 0.388. The Kier molecular flexibility index (Phi) is 4.02. The number of hydrogen-bond donors (Lipinski definition) is 2. The first-order valence-electron chi connectivity index (χ1n) is 6.54. The number of esters is 1. The van der Waals surface area contributed by atoms with Crippen LogP contribution in [-0.4, -0.2) is 24.2 Å². The van der Waals surface area contributed by atoms with E-state index < -0.39 is 0 Å². The number of rotatable bonds is 5. The maximum Gasteiger partial charge on any atom is 0.342 e. The number of nitrogens with zero attached hydrogens (tertiary/aromatic N) is 1. The van der Waals surface area contributed by atoms with E-state index in [0.717, 1.165) is 16.7 Å². The Morgan fingerprint density at radius 1 is 1.40 bits per heavy atom. The molecule has 106 valence electrons. The lowest BCUT2D eigenvalue weighted by Gasteiger charge is -2.10. The molecule has 6 nitrogen and oxygen atoms in total. The SMILES string of the molecule is CCNc1c(C(=O)OC)c2ccc([NH+]=O)cc2n1CC. The number of hydrogen-bond acceptors (Lipinski definition) is 4. The Hall–Kier alpha value is -2.37. The van der Waals surface area contributed by atoms with Crippen molar-refractivity contribution in [1.82, 2.24) is 4.57 Å². The fourth-order valence-corrected chi connectivity index (χ4v) is 2.40. The Morgan fingerprint density at radius 2 is 2.15 bits per heavy atom. The molecule has 2 aromatic rings. The van der Waals surface area contributed by atoms with Gasteiger partial charge >= 0.3 is 5.97 Å². The number of methoxy groups -OCH3 is 1. The summed E-state index contributed by atoms with van der Waals surface area (Å²) in [6.07, 6.45) is 0. The van der Waals surface area contributed by atoms with Gasteiger partial charge in [0.15, 0.2) is 0 Å². The summed E-state index contributed by atoms with van der Waals surface area (Å²) in [6, 6.07) is 5.14. The lowest BCUT2D eigenvalue weighted by molar-refractivity contribution is -0.379. The van der Waals surface area contributed by atoms with Crippen molar-refractivity contribution < 1.29 is 14.7 Å². The highest BCUT2D eigenvalue weighted by molar-refractivity contribution is 6.10. The molecule has 20 heavy (non-hydrogen) atoms. The number of carbonyl (C=O) groups is 1. The van der Waals surface area contributed by atoms with E-state index in [2.05, 4.69) is 5.32 Å². The van der Waals surface area contributed by atoms with Gasteiger partial charge in [-0.1, -0.05) is 0 Å². The minimum atomic E-state index is -0.388. The molecule has 0 unspecified atom stereocenters. The molecule has 0 aliphatic carbocycles. The summed E-state index contributed by atoms with van der Waals surface area (Å²) in [6.45, 7) is 5.31. The molecule has 0 amide bonds. The standard InChI is InChI=1S/C14H17N3O3/c1-4-15-13-12(14(18)20-3)10-7-6-9(16-19)8-11(10)17(13)5-2/h6-8,15H,4-5H2,1-3H3/p+1. The molecule has 1 heterocycles. The molecule has 0 fully saturated rings. The largest absolute Gasteiger partial charge is 0.465 e. The summed E-state index contributed by atoms with van der Waals surface area (Å²) in [5.74, 6) is 0.334. The highest BCUT2D eigenvalue weighted by atomic mass is 16.5. The summed E-state index contributed by atoms with van der Waals surface area (Å²) in [7, 11) is 1.36. The number of fused-ring (bicyclic) bond motifs is 1. The lowest BCUT2D eigenvalue weighted by atomic mass is 10.1. The molecular weight excluding hydrogens is 258 g/mol. The molecule has 0 aliphatic rings. The van der Waals surface area contributed by atoms with Crippen LogP contribution in [0.2, 0.25) is 0 Å². The maximum atomic E-state index is 12.1. The van der Waals surface area contributed by atoms with Gasteiger partial charge in [0, 0.05) is 40.7 Å². The molecule has 0 saturated carbocycles. The van der Waals surface area contributed by atoms with Crippen LogP contribution in [-0.2, 0) is 11.3 Å². The van der Waals surface area contributed by atoms with Crippen molar-refractivity contribution in [3.05, 3.63) is 28.7 Å². The van der Waals surface area contributed by atoms with Crippen LogP contribution in [0.25, 0.3) is 10.9 Å². The van der Waals surface area contributed by atoms with Crippen molar-refractivity contribution in [2.45, 2.75) is 20.4 Å². The van der Waals surface area contributed by atoms with Crippen LogP contribution >= 0.6 is 0 Å². The number of aromatic nitrogens is 1. The molecule has 0 radical (unpaired) electrons. The van der Waals surface area contributed by atoms with Gasteiger partial charge in [-0.3, -0.25) is 0 Å². The first-order valence-corrected chi connectivity index (χ1v) is 6.54. The molecule has 0 spiro atoms. The molecule has 0 bridgehead atoms. The van der Waals surface area contributed by atoms with E-state index in [0.29, 0.717) is 24.3 Å². The molecule has 1 aromatic heterocycles. The average Bonchev–Trinajstić information content (AvgIpc) is 2.79. The Bertz CT molecular complexity index is 661. The molecule has 2 rings (SSSR count). The van der Waals surface area contributed by atoms with Gasteiger partial charge in [-0.2, -0.15) is 0 Å². The lowest BCUT2D eigenvalue weighted by Crippen LogP contribution is -2.55. The van der Waals surface area contributed by atoms with E-state index in [-0.39, 0.29) is 5.97 Å². The van der Waals surface area contributed by atoms with Gasteiger partial charge in [0.1, 0.15) is 11.4 Å². The van der Waals surface area contributed by atoms with E-state index in [4.69, 9.17) is 4.74 Å². The van der Waals surface area contributed by atoms with Crippen LogP contribution in [0.15, 0.2) is 18.2 Å². The van der Waals surface area contributed by atoms with Crippen LogP contribution in [0.4, 0.5) is 11.5 Å². The van der Waals surface area contributed by atoms with Gasteiger partial charge in [0.2, 0.25) is 0 Å². The average molecular weight is 276 g/mol. The Morgan fingerprint density at radius 3 is 2.70 bits per heavy atom. The van der Waals surface area contributed by atoms with Gasteiger partial charge in [-0.25, -0.2) is 4.79 Å². The number of carbonyl (C=O) groups excluding carboxylic acids is 1. The second kappa shape index (κ2) is 5.73. The summed E-state index contributed by atoms with van der Waals surface area (Å²) >= 11 is 0. The predicted octanol–water partition coefficient (Wildman–Crippen LogP) is 1.36. The number of ether oxygens (including phenoxy) is 1. The fourth-order valence-electron chi connectivity index (χ4n) is 2.40. The van der Waals surface area contributed by atoms with E-state index in [9.17, 15) is 9.70 Å². The molecule has 0 saturated heterocycles. The molecule has 0 aliphatic heterocycles. The van der Waals surface area contributed by atoms with Crippen LogP contribution in [0.5, 0.6) is 0 Å². The van der Waals surface area contributed by atoms with E-state index >= 15 is 0 Å². The second-order valence-electron chi connectivity index (χ2n) is 4.32. The predicted molar refractivity (Wildman–Crippen MR) is 77.1 cm³/mol. The third kappa shape index (κ3) is 2.13. The van der Waals surface area contributed by atoms with Crippen molar-refractivity contribution >= 4 is 28.4 Å². The number of anilines is 1. The van der Waals surface area contributed by atoms with Gasteiger partial charge in [-0.15, -0.1) is 0 Å². The quantitative estimate of drug-likeness (QED) is 0.809. The number of aryl methyl sites for hydroxylation is 1. The first-order chi connectivity index (χ1) is 9.67. The second-order valence-corrected chi connectivity index (χ2v) is 4.32. The zero-order chi connectivity index (χ0) is 14.7. The van der Waals surface area contributed by atoms with Crippen molar-refractivity contribution in [3.8, 4) is 0 Å². The first kappa shape index (κ1) is 14.0. The smallest absolute Gasteiger partial charge is 0.342 e. The van der Waals surface area contributed by atoms with Gasteiger partial charge < -0.3 is 14.6 Å². The van der Waals surface area contributed by atoms with E-state index in [1.807, 2.05) is 23.6 Å². The number of benzene rings is 1. The van der Waals surface area contributed by atoms with E-state index in [1.54, 1.807) is 18.2 Å². The van der Waals surface area contributed by atoms with Gasteiger partial charge in [0.25, 0.3) is 5.69 Å². The highest BCUT2D eigenvalue weighted by Gasteiger charge is 2.23. The molecule has 2 N–H and O–H groups in total. The normalized spacial score (nSPS) is 10.6. The third-order valence-electron chi connectivity index (χ3n) is 3.23. The van der Waals surface area contributed by atoms with Crippen molar-refractivity contribution in [1.29, 1.82) is 0 Å². The fraction of sp³-hybridized carbons (Fsp3) is 0.357. The molecule has 1 aromatic carbocycles.